The van der Waals surface area contributed by atoms with Crippen molar-refractivity contribution in [3.8, 4) is 0 Å². The summed E-state index contributed by atoms with van der Waals surface area (Å²) in [5.41, 5.74) is 0. The summed E-state index contributed by atoms with van der Waals surface area (Å²) in [5, 5.41) is 0. The monoisotopic (exact) mass is 971 g/mol. The van der Waals surface area contributed by atoms with Gasteiger partial charge in [0.1, 0.15) is 13.2 Å². The summed E-state index contributed by atoms with van der Waals surface area (Å²) in [7, 11) is 0. The molecule has 0 saturated heterocycles. The highest BCUT2D eigenvalue weighted by atomic mass is 16.6. The number of unbranched alkanes of at least 4 members (excludes halogenated alkanes) is 22. The molecule has 0 rings (SSSR count). The molecular weight excluding hydrogens is 865 g/mol. The summed E-state index contributed by atoms with van der Waals surface area (Å²) in [6, 6.07) is 0. The first-order valence-corrected chi connectivity index (χ1v) is 28.9. The maximum atomic E-state index is 12.9. The number of hydrogen-bond acceptors (Lipinski definition) is 6. The van der Waals surface area contributed by atoms with Crippen LogP contribution >= 0.6 is 0 Å². The van der Waals surface area contributed by atoms with Gasteiger partial charge in [-0.05, 0) is 122 Å². The number of esters is 3. The van der Waals surface area contributed by atoms with Crippen LogP contribution in [0, 0.1) is 0 Å². The van der Waals surface area contributed by atoms with Crippen molar-refractivity contribution in [2.45, 2.75) is 264 Å². The summed E-state index contributed by atoms with van der Waals surface area (Å²) < 4.78 is 16.9. The van der Waals surface area contributed by atoms with Crippen LogP contribution in [0.25, 0.3) is 0 Å². The van der Waals surface area contributed by atoms with Gasteiger partial charge in [-0.2, -0.15) is 0 Å². The summed E-state index contributed by atoms with van der Waals surface area (Å²) in [6.07, 6.45) is 77.8. The van der Waals surface area contributed by atoms with Crippen molar-refractivity contribution in [1.82, 2.24) is 0 Å². The van der Waals surface area contributed by atoms with Gasteiger partial charge in [-0.3, -0.25) is 14.4 Å². The van der Waals surface area contributed by atoms with Crippen molar-refractivity contribution in [3.05, 3.63) is 109 Å². The van der Waals surface area contributed by atoms with Gasteiger partial charge < -0.3 is 14.2 Å². The molecule has 0 fully saturated rings. The highest BCUT2D eigenvalue weighted by molar-refractivity contribution is 5.71. The van der Waals surface area contributed by atoms with Crippen molar-refractivity contribution in [3.63, 3.8) is 0 Å². The zero-order chi connectivity index (χ0) is 50.7. The minimum absolute atomic E-state index is 0.0943. The van der Waals surface area contributed by atoms with E-state index in [0.29, 0.717) is 19.3 Å². The number of carbonyl (C=O) groups is 3. The van der Waals surface area contributed by atoms with E-state index >= 15 is 0 Å². The molecule has 0 saturated carbocycles. The fourth-order valence-electron chi connectivity index (χ4n) is 7.71. The molecule has 0 aromatic rings. The quantitative estimate of drug-likeness (QED) is 0.0262. The molecule has 398 valence electrons. The van der Waals surface area contributed by atoms with Gasteiger partial charge in [0.25, 0.3) is 0 Å². The third-order valence-electron chi connectivity index (χ3n) is 12.0. The number of ether oxygens (including phenoxy) is 3. The van der Waals surface area contributed by atoms with Gasteiger partial charge in [-0.15, -0.1) is 0 Å². The van der Waals surface area contributed by atoms with Crippen molar-refractivity contribution in [2.75, 3.05) is 13.2 Å². The lowest BCUT2D eigenvalue weighted by molar-refractivity contribution is -0.167. The van der Waals surface area contributed by atoms with E-state index in [2.05, 4.69) is 130 Å². The second kappa shape index (κ2) is 57.6. The highest BCUT2D eigenvalue weighted by Gasteiger charge is 2.19. The molecule has 0 aromatic heterocycles. The normalized spacial score (nSPS) is 12.9. The number of carbonyl (C=O) groups excluding carboxylic acids is 3. The standard InChI is InChI=1S/C64H106O6/c1-4-7-10-13-16-19-22-25-28-31-32-34-36-39-42-45-48-51-54-57-63(66)69-60-61(59-68-62(65)56-53-50-47-44-41-38-35-30-27-24-21-18-15-12-9-6-3)70-64(67)58-55-52-49-46-43-40-37-33-29-26-23-20-17-14-11-8-5-2/h7,9-10,12,16-21,25-30,32,34,61H,4-6,8,11,13-15,22-24,31,33,35-60H2,1-3H3/b10-7-,12-9-,19-16-,20-17-,21-18-,28-25-,29-26-,30-27-,34-32-. The summed E-state index contributed by atoms with van der Waals surface area (Å²) >= 11 is 0. The van der Waals surface area contributed by atoms with Crippen molar-refractivity contribution >= 4 is 17.9 Å². The van der Waals surface area contributed by atoms with E-state index in [-0.39, 0.29) is 31.1 Å². The Morgan fingerprint density at radius 1 is 0.300 bits per heavy atom. The van der Waals surface area contributed by atoms with Crippen LogP contribution in [0.15, 0.2) is 109 Å². The molecule has 70 heavy (non-hydrogen) atoms. The predicted molar refractivity (Wildman–Crippen MR) is 302 cm³/mol. The van der Waals surface area contributed by atoms with Crippen LogP contribution < -0.4 is 0 Å². The van der Waals surface area contributed by atoms with E-state index in [4.69, 9.17) is 14.2 Å². The van der Waals surface area contributed by atoms with Gasteiger partial charge >= 0.3 is 17.9 Å². The highest BCUT2D eigenvalue weighted by Crippen LogP contribution is 2.14. The topological polar surface area (TPSA) is 78.9 Å². The average molecular weight is 972 g/mol. The molecule has 0 amide bonds. The molecule has 0 aromatic carbocycles. The SMILES string of the molecule is CC/C=C\C/C=C\C/C=C\C/C=C\CCCCCCCCC(=O)OCC(COC(=O)CCCCCCCC/C=C\C/C=C\C/C=C\CC)OC(=O)CCCCCCCCC/C=C\C/C=C\CCCCC. The van der Waals surface area contributed by atoms with Crippen LogP contribution in [-0.4, -0.2) is 37.2 Å². The molecule has 1 unspecified atom stereocenters. The Morgan fingerprint density at radius 3 is 0.871 bits per heavy atom. The smallest absolute Gasteiger partial charge is 0.306 e. The fourth-order valence-corrected chi connectivity index (χ4v) is 7.71. The molecule has 0 aliphatic heterocycles. The molecule has 0 radical (unpaired) electrons. The first-order chi connectivity index (χ1) is 34.5. The van der Waals surface area contributed by atoms with Crippen molar-refractivity contribution in [1.29, 1.82) is 0 Å². The predicted octanol–water partition coefficient (Wildman–Crippen LogP) is 19.5. The Balaban J connectivity index is 4.46. The van der Waals surface area contributed by atoms with E-state index < -0.39 is 6.10 Å². The molecular formula is C64H106O6. The van der Waals surface area contributed by atoms with Crippen LogP contribution in [0.5, 0.6) is 0 Å². The Labute approximate surface area is 431 Å². The van der Waals surface area contributed by atoms with Gasteiger partial charge in [0.15, 0.2) is 6.10 Å². The summed E-state index contributed by atoms with van der Waals surface area (Å²) in [4.78, 5) is 38.2. The zero-order valence-electron chi connectivity index (χ0n) is 45.5. The molecule has 0 spiro atoms. The van der Waals surface area contributed by atoms with E-state index in [1.165, 1.54) is 83.5 Å². The molecule has 0 bridgehead atoms. The van der Waals surface area contributed by atoms with Crippen LogP contribution in [0.1, 0.15) is 258 Å². The lowest BCUT2D eigenvalue weighted by Crippen LogP contribution is -2.30. The van der Waals surface area contributed by atoms with Gasteiger partial charge in [0, 0.05) is 19.3 Å². The first-order valence-electron chi connectivity index (χ1n) is 28.9. The average Bonchev–Trinajstić information content (AvgIpc) is 3.36. The minimum Gasteiger partial charge on any atom is -0.462 e. The molecule has 0 aliphatic rings. The molecule has 0 aliphatic carbocycles. The minimum atomic E-state index is -0.797. The Kier molecular flexibility index (Phi) is 54.4. The Hall–Kier alpha value is -3.93. The van der Waals surface area contributed by atoms with Gasteiger partial charge in [-0.25, -0.2) is 0 Å². The molecule has 6 heteroatoms. The largest absolute Gasteiger partial charge is 0.462 e. The van der Waals surface area contributed by atoms with Crippen LogP contribution in [-0.2, 0) is 28.6 Å². The number of hydrogen-bond donors (Lipinski definition) is 0. The lowest BCUT2D eigenvalue weighted by atomic mass is 10.1. The lowest BCUT2D eigenvalue weighted by Gasteiger charge is -2.18. The maximum Gasteiger partial charge on any atom is 0.306 e. The first kappa shape index (κ1) is 66.1. The van der Waals surface area contributed by atoms with Gasteiger partial charge in [-0.1, -0.05) is 226 Å². The van der Waals surface area contributed by atoms with E-state index in [0.717, 1.165) is 135 Å². The Bertz CT molecular complexity index is 1440. The van der Waals surface area contributed by atoms with E-state index in [1.54, 1.807) is 0 Å². The second-order valence-electron chi connectivity index (χ2n) is 18.8. The van der Waals surface area contributed by atoms with Crippen LogP contribution in [0.4, 0.5) is 0 Å². The molecule has 1 atom stereocenters. The summed E-state index contributed by atoms with van der Waals surface area (Å²) in [5.74, 6) is -0.926. The van der Waals surface area contributed by atoms with E-state index in [9.17, 15) is 14.4 Å². The third kappa shape index (κ3) is 55.0. The van der Waals surface area contributed by atoms with Gasteiger partial charge in [0.05, 0.1) is 0 Å². The second-order valence-corrected chi connectivity index (χ2v) is 18.8. The number of rotatable bonds is 51. The number of allylic oxidation sites excluding steroid dienone is 18. The summed E-state index contributed by atoms with van der Waals surface area (Å²) in [6.45, 7) is 6.37. The molecule has 0 N–H and O–H groups in total. The van der Waals surface area contributed by atoms with Crippen LogP contribution in [0.2, 0.25) is 0 Å². The molecule has 6 nitrogen and oxygen atoms in total. The van der Waals surface area contributed by atoms with E-state index in [1.807, 2.05) is 0 Å². The van der Waals surface area contributed by atoms with Crippen molar-refractivity contribution < 1.29 is 28.6 Å². The van der Waals surface area contributed by atoms with Crippen LogP contribution in [0.3, 0.4) is 0 Å². The fraction of sp³-hybridized carbons (Fsp3) is 0.672. The third-order valence-corrected chi connectivity index (χ3v) is 12.0. The maximum absolute atomic E-state index is 12.9. The molecule has 0 heterocycles. The van der Waals surface area contributed by atoms with Crippen molar-refractivity contribution in [2.24, 2.45) is 0 Å². The Morgan fingerprint density at radius 2 is 0.557 bits per heavy atom. The van der Waals surface area contributed by atoms with Gasteiger partial charge in [0.2, 0.25) is 0 Å². The zero-order valence-corrected chi connectivity index (χ0v) is 45.5.